The molecule has 0 aromatic heterocycles. The Hall–Kier alpha value is -1.64. The fraction of sp³-hybridized carbons (Fsp3) is 0.588. The molecule has 1 N–H and O–H groups in total. The molecule has 1 aliphatic heterocycles. The van der Waals surface area contributed by atoms with E-state index in [0.717, 1.165) is 44.0 Å². The summed E-state index contributed by atoms with van der Waals surface area (Å²) in [5.41, 5.74) is 0.0605. The molecule has 0 spiro atoms. The van der Waals surface area contributed by atoms with E-state index in [4.69, 9.17) is 0 Å². The molecule has 0 aliphatic carbocycles. The van der Waals surface area contributed by atoms with Crippen LogP contribution in [0.3, 0.4) is 0 Å². The first-order chi connectivity index (χ1) is 12.0. The van der Waals surface area contributed by atoms with Crippen molar-refractivity contribution in [2.75, 3.05) is 46.3 Å². The second-order valence-corrected chi connectivity index (χ2v) is 7.71. The normalized spacial score (nSPS) is 17.2. The molecule has 0 saturated carbocycles. The van der Waals surface area contributed by atoms with E-state index >= 15 is 0 Å². The van der Waals surface area contributed by atoms with Gasteiger partial charge in [0.25, 0.3) is 5.69 Å². The number of thioether (sulfide) groups is 1. The predicted molar refractivity (Wildman–Crippen MR) is 100.0 cm³/mol. The Morgan fingerprint density at radius 3 is 2.52 bits per heavy atom. The highest BCUT2D eigenvalue weighted by Gasteiger charge is 2.16. The molecule has 1 heterocycles. The van der Waals surface area contributed by atoms with Crippen LogP contribution in [0.5, 0.6) is 0 Å². The first kappa shape index (κ1) is 19.7. The molecule has 1 amide bonds. The Morgan fingerprint density at radius 1 is 1.28 bits per heavy atom. The molecule has 1 fully saturated rings. The maximum Gasteiger partial charge on any atom is 0.269 e. The number of amides is 1. The summed E-state index contributed by atoms with van der Waals surface area (Å²) in [5.74, 6) is 0.00160. The van der Waals surface area contributed by atoms with Crippen molar-refractivity contribution in [2.24, 2.45) is 0 Å². The quantitative estimate of drug-likeness (QED) is 0.327. The number of piperazine rings is 1. The maximum atomic E-state index is 12.2. The third kappa shape index (κ3) is 6.64. The van der Waals surface area contributed by atoms with Crippen LogP contribution in [0.4, 0.5) is 5.69 Å². The van der Waals surface area contributed by atoms with Crippen LogP contribution in [0.15, 0.2) is 29.2 Å². The van der Waals surface area contributed by atoms with Gasteiger partial charge in [0.15, 0.2) is 0 Å². The van der Waals surface area contributed by atoms with Gasteiger partial charge in [-0.3, -0.25) is 14.9 Å². The molecule has 0 bridgehead atoms. The number of non-ortho nitro benzene ring substituents is 1. The van der Waals surface area contributed by atoms with E-state index < -0.39 is 4.92 Å². The number of hydrogen-bond acceptors (Lipinski definition) is 6. The minimum absolute atomic E-state index is 0.00160. The smallest absolute Gasteiger partial charge is 0.269 e. The molecule has 1 unspecified atom stereocenters. The molecule has 7 nitrogen and oxygen atoms in total. The third-order valence-corrected chi connectivity index (χ3v) is 5.39. The molecule has 138 valence electrons. The zero-order chi connectivity index (χ0) is 18.2. The van der Waals surface area contributed by atoms with Gasteiger partial charge >= 0.3 is 0 Å². The summed E-state index contributed by atoms with van der Waals surface area (Å²) in [6.07, 6.45) is 0.949. The average Bonchev–Trinajstić information content (AvgIpc) is 2.60. The number of nitro groups is 1. The number of carbonyl (C=O) groups is 1. The fourth-order valence-corrected chi connectivity index (χ4v) is 3.53. The van der Waals surface area contributed by atoms with Crippen molar-refractivity contribution in [1.82, 2.24) is 15.1 Å². The Bertz CT molecular complexity index is 574. The van der Waals surface area contributed by atoms with Crippen LogP contribution in [-0.4, -0.2) is 72.2 Å². The highest BCUT2D eigenvalue weighted by Crippen LogP contribution is 2.25. The molecule has 1 aromatic rings. The summed E-state index contributed by atoms with van der Waals surface area (Å²) < 4.78 is 0. The topological polar surface area (TPSA) is 78.7 Å². The maximum absolute atomic E-state index is 12.2. The number of rotatable bonds is 8. The number of nitrogens with zero attached hydrogens (tertiary/aromatic N) is 3. The van der Waals surface area contributed by atoms with Gasteiger partial charge in [0.1, 0.15) is 0 Å². The fourth-order valence-electron chi connectivity index (χ4n) is 2.63. The van der Waals surface area contributed by atoms with Gasteiger partial charge in [0, 0.05) is 49.8 Å². The van der Waals surface area contributed by atoms with Gasteiger partial charge in [-0.25, -0.2) is 0 Å². The van der Waals surface area contributed by atoms with E-state index in [2.05, 4.69) is 22.2 Å². The van der Waals surface area contributed by atoms with Crippen molar-refractivity contribution in [3.63, 3.8) is 0 Å². The van der Waals surface area contributed by atoms with Crippen LogP contribution >= 0.6 is 11.8 Å². The lowest BCUT2D eigenvalue weighted by Gasteiger charge is -2.32. The molecule has 8 heteroatoms. The Kier molecular flexibility index (Phi) is 7.67. The Balaban J connectivity index is 1.65. The zero-order valence-electron chi connectivity index (χ0n) is 14.8. The highest BCUT2D eigenvalue weighted by atomic mass is 32.2. The molecular formula is C17H26N4O3S. The number of hydrogen-bond donors (Lipinski definition) is 1. The molecule has 25 heavy (non-hydrogen) atoms. The standard InChI is InChI=1S/C17H26N4O3S/c1-14(25-16-6-4-15(5-7-16)21(23)24)17(22)18-8-3-9-20-12-10-19(2)11-13-20/h4-7,14H,3,8-13H2,1-2H3,(H,18,22). The van der Waals surface area contributed by atoms with Gasteiger partial charge in [-0.05, 0) is 39.1 Å². The van der Waals surface area contributed by atoms with Gasteiger partial charge in [0.05, 0.1) is 10.2 Å². The van der Waals surface area contributed by atoms with E-state index in [9.17, 15) is 14.9 Å². The number of likely N-dealkylation sites (N-methyl/N-ethyl adjacent to an activating group) is 1. The SMILES string of the molecule is CC(Sc1ccc([N+](=O)[O-])cc1)C(=O)NCCCN1CCN(C)CC1. The summed E-state index contributed by atoms with van der Waals surface area (Å²) in [5, 5.41) is 13.4. The lowest BCUT2D eigenvalue weighted by Crippen LogP contribution is -2.45. The number of nitrogens with one attached hydrogen (secondary N) is 1. The molecule has 0 radical (unpaired) electrons. The van der Waals surface area contributed by atoms with Crippen LogP contribution in [0.25, 0.3) is 0 Å². The number of carbonyl (C=O) groups excluding carboxylic acids is 1. The van der Waals surface area contributed by atoms with Crippen LogP contribution in [0.1, 0.15) is 13.3 Å². The van der Waals surface area contributed by atoms with Crippen LogP contribution in [-0.2, 0) is 4.79 Å². The molecule has 2 rings (SSSR count). The Labute approximate surface area is 152 Å². The predicted octanol–water partition coefficient (Wildman–Crippen LogP) is 1.83. The van der Waals surface area contributed by atoms with Crippen LogP contribution in [0, 0.1) is 10.1 Å². The van der Waals surface area contributed by atoms with Gasteiger partial charge in [-0.2, -0.15) is 0 Å². The van der Waals surface area contributed by atoms with Crippen molar-refractivity contribution in [2.45, 2.75) is 23.5 Å². The number of nitro benzene ring substituents is 1. The minimum Gasteiger partial charge on any atom is -0.355 e. The van der Waals surface area contributed by atoms with Gasteiger partial charge < -0.3 is 15.1 Å². The average molecular weight is 366 g/mol. The van der Waals surface area contributed by atoms with E-state index in [1.807, 2.05) is 6.92 Å². The molecule has 1 atom stereocenters. The van der Waals surface area contributed by atoms with E-state index in [0.29, 0.717) is 6.54 Å². The van der Waals surface area contributed by atoms with Crippen LogP contribution in [0.2, 0.25) is 0 Å². The first-order valence-electron chi connectivity index (χ1n) is 8.55. The van der Waals surface area contributed by atoms with Crippen molar-refractivity contribution in [3.8, 4) is 0 Å². The van der Waals surface area contributed by atoms with Crippen molar-refractivity contribution in [3.05, 3.63) is 34.4 Å². The lowest BCUT2D eigenvalue weighted by atomic mass is 10.3. The minimum atomic E-state index is -0.426. The summed E-state index contributed by atoms with van der Waals surface area (Å²) in [7, 11) is 2.14. The first-order valence-corrected chi connectivity index (χ1v) is 9.43. The van der Waals surface area contributed by atoms with Crippen LogP contribution < -0.4 is 5.32 Å². The zero-order valence-corrected chi connectivity index (χ0v) is 15.6. The summed E-state index contributed by atoms with van der Waals surface area (Å²) >= 11 is 1.41. The summed E-state index contributed by atoms with van der Waals surface area (Å²) in [4.78, 5) is 28.0. The van der Waals surface area contributed by atoms with Crippen molar-refractivity contribution >= 4 is 23.4 Å². The van der Waals surface area contributed by atoms with Gasteiger partial charge in [-0.1, -0.05) is 0 Å². The second kappa shape index (κ2) is 9.74. The lowest BCUT2D eigenvalue weighted by molar-refractivity contribution is -0.384. The van der Waals surface area contributed by atoms with E-state index in [1.54, 1.807) is 12.1 Å². The monoisotopic (exact) mass is 366 g/mol. The summed E-state index contributed by atoms with van der Waals surface area (Å²) in [6.45, 7) is 7.94. The van der Waals surface area contributed by atoms with Crippen molar-refractivity contribution in [1.29, 1.82) is 0 Å². The Morgan fingerprint density at radius 2 is 1.92 bits per heavy atom. The molecule has 1 saturated heterocycles. The third-order valence-electron chi connectivity index (χ3n) is 4.28. The van der Waals surface area contributed by atoms with Crippen molar-refractivity contribution < 1.29 is 9.72 Å². The van der Waals surface area contributed by atoms with E-state index in [1.165, 1.54) is 23.9 Å². The molecule has 1 aliphatic rings. The van der Waals surface area contributed by atoms with Gasteiger partial charge in [0.2, 0.25) is 5.91 Å². The highest BCUT2D eigenvalue weighted by molar-refractivity contribution is 8.00. The second-order valence-electron chi connectivity index (χ2n) is 6.30. The number of benzene rings is 1. The summed E-state index contributed by atoms with van der Waals surface area (Å²) in [6, 6.07) is 6.28. The molecule has 1 aromatic carbocycles. The van der Waals surface area contributed by atoms with E-state index in [-0.39, 0.29) is 16.8 Å². The van der Waals surface area contributed by atoms with Gasteiger partial charge in [-0.15, -0.1) is 11.8 Å². The molecular weight excluding hydrogens is 340 g/mol. The largest absolute Gasteiger partial charge is 0.355 e.